The minimum atomic E-state index is -3.11. The van der Waals surface area contributed by atoms with Crippen LogP contribution in [0.3, 0.4) is 0 Å². The topological polar surface area (TPSA) is 513 Å². The van der Waals surface area contributed by atoms with Crippen molar-refractivity contribution >= 4 is 48.0 Å². The quantitative estimate of drug-likeness (QED) is 0.0205. The fraction of sp³-hybridized carbons (Fsp3) is 0.548. The molecule has 97 heavy (non-hydrogen) atoms. The number of ether oxygens (including phenoxy) is 16. The summed E-state index contributed by atoms with van der Waals surface area (Å²) < 4.78 is 95.6. The summed E-state index contributed by atoms with van der Waals surface area (Å²) in [5, 5.41) is 143. The van der Waals surface area contributed by atoms with E-state index < -0.39 is 222 Å². The Bertz CT molecular complexity index is 3180. The maximum Gasteiger partial charge on any atom is 0.338 e. The molecule has 3 aromatic carbocycles. The lowest BCUT2D eigenvalue weighted by atomic mass is 9.95. The number of hydrogen-bond donors (Lipinski definition) is 13. The van der Waals surface area contributed by atoms with E-state index in [1.165, 1.54) is 86.0 Å². The molecule has 0 saturated carbocycles. The van der Waals surface area contributed by atoms with E-state index in [0.717, 1.165) is 39.0 Å². The van der Waals surface area contributed by atoms with Gasteiger partial charge in [-0.25, -0.2) is 14.4 Å². The highest BCUT2D eigenvalue weighted by Crippen LogP contribution is 2.43. The molecule has 0 amide bonds. The summed E-state index contributed by atoms with van der Waals surface area (Å²) in [4.78, 5) is 81.2. The molecule has 5 heterocycles. The second-order valence-corrected chi connectivity index (χ2v) is 22.6. The number of rotatable bonds is 26. The Morgan fingerprint density at radius 1 is 0.485 bits per heavy atom. The molecule has 0 spiro atoms. The van der Waals surface area contributed by atoms with Crippen LogP contribution in [0.15, 0.2) is 84.9 Å². The van der Waals surface area contributed by atoms with Crippen LogP contribution in [0.25, 0.3) is 12.2 Å². The van der Waals surface area contributed by atoms with Gasteiger partial charge in [-0.15, -0.1) is 0 Å². The van der Waals surface area contributed by atoms with Crippen LogP contribution < -0.4 is 4.74 Å². The fourth-order valence-corrected chi connectivity index (χ4v) is 10.9. The number of esters is 6. The second-order valence-electron chi connectivity index (χ2n) is 22.6. The van der Waals surface area contributed by atoms with E-state index in [-0.39, 0.29) is 28.4 Å². The lowest BCUT2D eigenvalue weighted by molar-refractivity contribution is -0.422. The average molecular weight is 1380 g/mol. The van der Waals surface area contributed by atoms with Gasteiger partial charge < -0.3 is 142 Å². The molecule has 5 saturated heterocycles. The minimum Gasteiger partial charge on any atom is -0.508 e. The summed E-state index contributed by atoms with van der Waals surface area (Å²) in [6, 6.07) is 16.2. The summed E-state index contributed by atoms with van der Waals surface area (Å²) in [5.74, 6) is -10.6. The Balaban J connectivity index is 1.35. The molecule has 5 aliphatic heterocycles. The normalized spacial score (nSPS) is 35.1. The van der Waals surface area contributed by atoms with E-state index >= 15 is 0 Å². The van der Waals surface area contributed by atoms with Crippen LogP contribution in [0.1, 0.15) is 42.3 Å². The third kappa shape index (κ3) is 18.5. The first-order valence-corrected chi connectivity index (χ1v) is 30.0. The number of aliphatic hydroxyl groups excluding tert-OH is 11. The number of aromatic hydroxyl groups is 2. The zero-order chi connectivity index (χ0) is 70.6. The zero-order valence-corrected chi connectivity index (χ0v) is 52.1. The number of phenols is 2. The van der Waals surface area contributed by atoms with Crippen molar-refractivity contribution in [3.63, 3.8) is 0 Å². The molecule has 0 radical (unpaired) electrons. The van der Waals surface area contributed by atoms with Crippen LogP contribution in [0, 0.1) is 0 Å². The van der Waals surface area contributed by atoms with Crippen molar-refractivity contribution in [1.29, 1.82) is 0 Å². The van der Waals surface area contributed by atoms with Gasteiger partial charge in [0.15, 0.2) is 55.0 Å². The number of carbonyl (C=O) groups is 6. The molecule has 8 rings (SSSR count). The van der Waals surface area contributed by atoms with Gasteiger partial charge in [0.2, 0.25) is 5.79 Å². The Morgan fingerprint density at radius 3 is 1.57 bits per heavy atom. The standard InChI is InChI=1S/C62H76O35/c1-27(66)83-24-39-51(86-29(3)68)53(92-58-48(78)46(76)43(73)36(21-63)87-58)50(80)60(89-39)93-54-52(91-42(72)19-14-31-12-17-34(70)35(20-31)82-4)40(25-84-28(2)67)90-61(95-59-49(79)47(77)44(74)37(22-64)88-59)55(54)97-62(26-85-41(71)18-13-30-10-15-33(69)16-11-30)56(45(75)38(23-65)96-62)94-57(81)32-8-6-5-7-9-32/h5-20,36-40,43-56,58-61,63-65,69-70,73-80H,21-26H2,1-4H3. The van der Waals surface area contributed by atoms with Crippen molar-refractivity contribution in [2.45, 2.75) is 168 Å². The Hall–Kier alpha value is -7.44. The third-order valence-electron chi connectivity index (χ3n) is 15.8. The molecule has 0 aromatic heterocycles. The number of phenolic OH excluding ortho intramolecular Hbond substituents is 2. The van der Waals surface area contributed by atoms with Gasteiger partial charge in [0.25, 0.3) is 0 Å². The minimum absolute atomic E-state index is 0.0530. The first kappa shape index (κ1) is 75.3. The highest BCUT2D eigenvalue weighted by atomic mass is 16.8. The summed E-state index contributed by atoms with van der Waals surface area (Å²) in [6.45, 7) is -3.76. The van der Waals surface area contributed by atoms with Gasteiger partial charge in [0, 0.05) is 32.9 Å². The van der Waals surface area contributed by atoms with Gasteiger partial charge in [-0.05, 0) is 59.7 Å². The van der Waals surface area contributed by atoms with Crippen molar-refractivity contribution in [3.05, 3.63) is 102 Å². The van der Waals surface area contributed by atoms with E-state index in [9.17, 15) is 95.2 Å². The molecule has 0 bridgehead atoms. The number of aliphatic hydroxyl groups is 11. The first-order chi connectivity index (χ1) is 46.2. The van der Waals surface area contributed by atoms with Crippen molar-refractivity contribution in [2.75, 3.05) is 46.8 Å². The van der Waals surface area contributed by atoms with Crippen LogP contribution in [-0.2, 0) is 95.0 Å². The number of carbonyl (C=O) groups excluding carboxylic acids is 6. The van der Waals surface area contributed by atoms with Crippen LogP contribution in [-0.4, -0.2) is 296 Å². The Morgan fingerprint density at radius 2 is 1.00 bits per heavy atom. The van der Waals surface area contributed by atoms with Crippen LogP contribution >= 0.6 is 0 Å². The number of methoxy groups -OCH3 is 1. The lowest BCUT2D eigenvalue weighted by Crippen LogP contribution is -2.70. The smallest absolute Gasteiger partial charge is 0.338 e. The van der Waals surface area contributed by atoms with E-state index in [1.807, 2.05) is 0 Å². The highest BCUT2D eigenvalue weighted by molar-refractivity contribution is 5.90. The molecule has 5 aliphatic rings. The Labute approximate surface area is 550 Å². The second kappa shape index (κ2) is 33.9. The molecular weight excluding hydrogens is 1300 g/mol. The van der Waals surface area contributed by atoms with Crippen LogP contribution in [0.2, 0.25) is 0 Å². The van der Waals surface area contributed by atoms with E-state index in [1.54, 1.807) is 0 Å². The largest absolute Gasteiger partial charge is 0.508 e. The number of hydrogen-bond acceptors (Lipinski definition) is 35. The summed E-state index contributed by atoms with van der Waals surface area (Å²) in [5.41, 5.74) is 0.338. The molecule has 3 aromatic rings. The predicted molar refractivity (Wildman–Crippen MR) is 313 cm³/mol. The molecule has 0 aliphatic carbocycles. The Kier molecular flexibility index (Phi) is 26.3. The van der Waals surface area contributed by atoms with Crippen molar-refractivity contribution < 1.29 is 171 Å². The van der Waals surface area contributed by atoms with Gasteiger partial charge >= 0.3 is 35.8 Å². The zero-order valence-electron chi connectivity index (χ0n) is 52.1. The maximum absolute atomic E-state index is 14.6. The van der Waals surface area contributed by atoms with Crippen LogP contribution in [0.5, 0.6) is 17.2 Å². The fourth-order valence-electron chi connectivity index (χ4n) is 10.9. The number of benzene rings is 3. The van der Waals surface area contributed by atoms with Crippen molar-refractivity contribution in [1.82, 2.24) is 0 Å². The van der Waals surface area contributed by atoms with E-state index in [2.05, 4.69) is 0 Å². The molecular formula is C62H76O35. The van der Waals surface area contributed by atoms with E-state index in [4.69, 9.17) is 75.8 Å². The first-order valence-electron chi connectivity index (χ1n) is 30.0. The van der Waals surface area contributed by atoms with Gasteiger partial charge in [-0.1, -0.05) is 36.4 Å². The molecule has 35 nitrogen and oxygen atoms in total. The molecule has 5 fully saturated rings. The lowest BCUT2D eigenvalue weighted by Gasteiger charge is -2.51. The van der Waals surface area contributed by atoms with Gasteiger partial charge in [0.05, 0.1) is 32.5 Å². The summed E-state index contributed by atoms with van der Waals surface area (Å²) >= 11 is 0. The molecule has 24 unspecified atom stereocenters. The predicted octanol–water partition coefficient (Wildman–Crippen LogP) is -4.40. The monoisotopic (exact) mass is 1380 g/mol. The molecule has 24 atom stereocenters. The SMILES string of the molecule is COc1cc(C=CC(=O)OC2C(COC(C)=O)OC(OC3OC(CO)C(O)C(O)C3O)C(OC3(COC(=O)C=Cc4ccc(O)cc4)OC(CO)C(O)C3OC(=O)c3ccccc3)C2OC2OC(COC(C)=O)C(OC(C)=O)C(OC3OC(CO)C(O)C(O)C3O)C2O)ccc1O. The maximum atomic E-state index is 14.6. The van der Waals surface area contributed by atoms with Crippen molar-refractivity contribution in [2.24, 2.45) is 0 Å². The highest BCUT2D eigenvalue weighted by Gasteiger charge is 2.65. The van der Waals surface area contributed by atoms with Crippen LogP contribution in [0.4, 0.5) is 0 Å². The molecule has 35 heteroatoms. The van der Waals surface area contributed by atoms with Gasteiger partial charge in [-0.3, -0.25) is 14.4 Å². The van der Waals surface area contributed by atoms with Crippen molar-refractivity contribution in [3.8, 4) is 17.2 Å². The average Bonchev–Trinajstić information content (AvgIpc) is 1.73. The summed E-state index contributed by atoms with van der Waals surface area (Å²) in [6.07, 6.45) is -46.3. The summed E-state index contributed by atoms with van der Waals surface area (Å²) in [7, 11) is 1.24. The van der Waals surface area contributed by atoms with Gasteiger partial charge in [-0.2, -0.15) is 0 Å². The third-order valence-corrected chi connectivity index (χ3v) is 15.8. The van der Waals surface area contributed by atoms with Gasteiger partial charge in [0.1, 0.15) is 123 Å². The molecule has 13 N–H and O–H groups in total. The van der Waals surface area contributed by atoms with E-state index in [0.29, 0.717) is 5.56 Å². The molecule has 534 valence electrons.